The van der Waals surface area contributed by atoms with Gasteiger partial charge in [0, 0.05) is 7.05 Å². The van der Waals surface area contributed by atoms with Crippen molar-refractivity contribution in [1.82, 2.24) is 9.55 Å². The number of hydrogen-bond donors (Lipinski definition) is 0. The van der Waals surface area contributed by atoms with Crippen molar-refractivity contribution in [3.63, 3.8) is 0 Å². The SMILES string of the molecule is C#Cc1nc(C#N)c(C#N)n1C. The molecule has 56 valence electrons. The summed E-state index contributed by atoms with van der Waals surface area (Å²) >= 11 is 0. The van der Waals surface area contributed by atoms with E-state index in [0.29, 0.717) is 5.82 Å². The monoisotopic (exact) mass is 156 g/mol. The summed E-state index contributed by atoms with van der Waals surface area (Å²) < 4.78 is 1.42. The average molecular weight is 156 g/mol. The third-order valence-electron chi connectivity index (χ3n) is 1.44. The molecule has 1 aromatic rings. The van der Waals surface area contributed by atoms with E-state index in [1.54, 1.807) is 13.1 Å². The van der Waals surface area contributed by atoms with Gasteiger partial charge in [0.25, 0.3) is 0 Å². The molecular formula is C8H4N4. The van der Waals surface area contributed by atoms with E-state index >= 15 is 0 Å². The Morgan fingerprint density at radius 1 is 1.42 bits per heavy atom. The molecule has 0 N–H and O–H groups in total. The lowest BCUT2D eigenvalue weighted by Gasteiger charge is -1.91. The Bertz CT molecular complexity index is 433. The minimum absolute atomic E-state index is 0.0768. The second kappa shape index (κ2) is 2.78. The molecule has 0 aliphatic carbocycles. The molecule has 4 nitrogen and oxygen atoms in total. The van der Waals surface area contributed by atoms with Gasteiger partial charge in [-0.2, -0.15) is 10.5 Å². The topological polar surface area (TPSA) is 65.4 Å². The quantitative estimate of drug-likeness (QED) is 0.502. The van der Waals surface area contributed by atoms with Crippen molar-refractivity contribution in [2.45, 2.75) is 0 Å². The van der Waals surface area contributed by atoms with E-state index in [0.717, 1.165) is 0 Å². The molecular weight excluding hydrogens is 152 g/mol. The largest absolute Gasteiger partial charge is 0.311 e. The number of hydrogen-bond acceptors (Lipinski definition) is 3. The average Bonchev–Trinajstić information content (AvgIpc) is 2.41. The molecule has 12 heavy (non-hydrogen) atoms. The number of nitrogens with zero attached hydrogens (tertiary/aromatic N) is 4. The molecule has 0 amide bonds. The number of rotatable bonds is 0. The Hall–Kier alpha value is -2.25. The smallest absolute Gasteiger partial charge is 0.187 e. The zero-order valence-corrected chi connectivity index (χ0v) is 6.37. The first kappa shape index (κ1) is 7.85. The van der Waals surface area contributed by atoms with Gasteiger partial charge in [-0.3, -0.25) is 0 Å². The highest BCUT2D eigenvalue weighted by Gasteiger charge is 2.11. The maximum absolute atomic E-state index is 8.61. The number of aromatic nitrogens is 2. The minimum Gasteiger partial charge on any atom is -0.311 e. The van der Waals surface area contributed by atoms with Crippen LogP contribution in [-0.4, -0.2) is 9.55 Å². The first-order chi connectivity index (χ1) is 5.74. The number of imidazole rings is 1. The van der Waals surface area contributed by atoms with Gasteiger partial charge >= 0.3 is 0 Å². The Balaban J connectivity index is 3.51. The van der Waals surface area contributed by atoms with E-state index in [9.17, 15) is 0 Å². The molecule has 0 aliphatic rings. The molecule has 0 aliphatic heterocycles. The molecule has 1 rings (SSSR count). The van der Waals surface area contributed by atoms with Gasteiger partial charge in [-0.25, -0.2) is 4.98 Å². The Morgan fingerprint density at radius 2 is 2.08 bits per heavy atom. The lowest BCUT2D eigenvalue weighted by atomic mass is 10.4. The van der Waals surface area contributed by atoms with Gasteiger partial charge in [0.15, 0.2) is 17.2 Å². The fourth-order valence-corrected chi connectivity index (χ4v) is 0.834. The van der Waals surface area contributed by atoms with E-state index in [1.807, 2.05) is 6.07 Å². The molecule has 4 heteroatoms. The predicted octanol–water partition coefficient (Wildman–Crippen LogP) is 0.145. The third kappa shape index (κ3) is 0.905. The summed E-state index contributed by atoms with van der Waals surface area (Å²) in [5.41, 5.74) is 0.276. The van der Waals surface area contributed by atoms with E-state index in [1.165, 1.54) is 4.57 Å². The van der Waals surface area contributed by atoms with E-state index in [2.05, 4.69) is 10.9 Å². The van der Waals surface area contributed by atoms with Gasteiger partial charge in [0.05, 0.1) is 0 Å². The second-order valence-corrected chi connectivity index (χ2v) is 2.06. The highest BCUT2D eigenvalue weighted by Crippen LogP contribution is 2.06. The Kier molecular flexibility index (Phi) is 1.82. The van der Waals surface area contributed by atoms with Crippen molar-refractivity contribution in [1.29, 1.82) is 10.5 Å². The number of terminal acetylenes is 1. The molecule has 0 spiro atoms. The van der Waals surface area contributed by atoms with Crippen molar-refractivity contribution in [3.05, 3.63) is 17.2 Å². The number of nitriles is 2. The highest BCUT2D eigenvalue weighted by atomic mass is 15.1. The van der Waals surface area contributed by atoms with E-state index < -0.39 is 0 Å². The molecule has 0 unspecified atom stereocenters. The summed E-state index contributed by atoms with van der Waals surface area (Å²) in [5.74, 6) is 2.57. The molecule has 0 bridgehead atoms. The zero-order chi connectivity index (χ0) is 9.14. The van der Waals surface area contributed by atoms with Gasteiger partial charge in [-0.1, -0.05) is 0 Å². The van der Waals surface area contributed by atoms with Crippen LogP contribution in [0.15, 0.2) is 0 Å². The molecule has 0 atom stereocenters. The van der Waals surface area contributed by atoms with Crippen LogP contribution in [0.3, 0.4) is 0 Å². The molecule has 0 aromatic carbocycles. The van der Waals surface area contributed by atoms with E-state index in [-0.39, 0.29) is 11.4 Å². The van der Waals surface area contributed by atoms with Gasteiger partial charge < -0.3 is 4.57 Å². The van der Waals surface area contributed by atoms with Gasteiger partial charge in [0.1, 0.15) is 12.1 Å². The van der Waals surface area contributed by atoms with Crippen molar-refractivity contribution in [2.75, 3.05) is 0 Å². The molecule has 0 saturated carbocycles. The second-order valence-electron chi connectivity index (χ2n) is 2.06. The summed E-state index contributed by atoms with van der Waals surface area (Å²) in [5, 5.41) is 17.1. The summed E-state index contributed by atoms with van der Waals surface area (Å²) in [6, 6.07) is 3.64. The van der Waals surface area contributed by atoms with Gasteiger partial charge in [-0.05, 0) is 5.92 Å². The van der Waals surface area contributed by atoms with Crippen molar-refractivity contribution < 1.29 is 0 Å². The Morgan fingerprint density at radius 3 is 2.42 bits per heavy atom. The van der Waals surface area contributed by atoms with Crippen LogP contribution >= 0.6 is 0 Å². The normalized spacial score (nSPS) is 8.17. The molecule has 0 radical (unpaired) electrons. The fourth-order valence-electron chi connectivity index (χ4n) is 0.834. The van der Waals surface area contributed by atoms with Crippen LogP contribution in [0.1, 0.15) is 17.2 Å². The summed E-state index contributed by atoms with van der Waals surface area (Å²) in [4.78, 5) is 3.76. The summed E-state index contributed by atoms with van der Waals surface area (Å²) in [7, 11) is 1.60. The van der Waals surface area contributed by atoms with E-state index in [4.69, 9.17) is 16.9 Å². The lowest BCUT2D eigenvalue weighted by molar-refractivity contribution is 0.878. The third-order valence-corrected chi connectivity index (χ3v) is 1.44. The van der Waals surface area contributed by atoms with Gasteiger partial charge in [-0.15, -0.1) is 6.42 Å². The fraction of sp³-hybridized carbons (Fsp3) is 0.125. The van der Waals surface area contributed by atoms with Crippen molar-refractivity contribution in [2.24, 2.45) is 7.05 Å². The molecule has 1 aromatic heterocycles. The standard InChI is InChI=1S/C8H4N4/c1-3-8-11-6(4-9)7(5-10)12(8)2/h1H,2H3. The van der Waals surface area contributed by atoms with Crippen molar-refractivity contribution in [3.8, 4) is 24.5 Å². The summed E-state index contributed by atoms with van der Waals surface area (Å²) in [6.07, 6.45) is 5.09. The highest BCUT2D eigenvalue weighted by molar-refractivity contribution is 5.40. The lowest BCUT2D eigenvalue weighted by Crippen LogP contribution is -1.95. The summed E-state index contributed by atoms with van der Waals surface area (Å²) in [6.45, 7) is 0. The molecule has 1 heterocycles. The van der Waals surface area contributed by atoms with Crippen LogP contribution in [0.4, 0.5) is 0 Å². The first-order valence-electron chi connectivity index (χ1n) is 3.08. The van der Waals surface area contributed by atoms with Crippen LogP contribution in [0, 0.1) is 35.0 Å². The zero-order valence-electron chi connectivity index (χ0n) is 6.37. The van der Waals surface area contributed by atoms with Crippen LogP contribution in [0.25, 0.3) is 0 Å². The van der Waals surface area contributed by atoms with Crippen LogP contribution in [-0.2, 0) is 7.05 Å². The van der Waals surface area contributed by atoms with Crippen LogP contribution in [0.2, 0.25) is 0 Å². The maximum atomic E-state index is 8.61. The minimum atomic E-state index is 0.0768. The van der Waals surface area contributed by atoms with Crippen LogP contribution in [0.5, 0.6) is 0 Å². The molecule has 0 fully saturated rings. The Labute approximate surface area is 69.7 Å². The van der Waals surface area contributed by atoms with Gasteiger partial charge in [0.2, 0.25) is 0 Å². The molecule has 0 saturated heterocycles. The predicted molar refractivity (Wildman–Crippen MR) is 40.6 cm³/mol. The maximum Gasteiger partial charge on any atom is 0.187 e. The first-order valence-corrected chi connectivity index (χ1v) is 3.08. The van der Waals surface area contributed by atoms with Crippen LogP contribution < -0.4 is 0 Å². The van der Waals surface area contributed by atoms with Crippen molar-refractivity contribution >= 4 is 0 Å².